The first kappa shape index (κ1) is 13.3. The van der Waals surface area contributed by atoms with Crippen LogP contribution in [0, 0.1) is 0 Å². The van der Waals surface area contributed by atoms with Crippen LogP contribution in [0.3, 0.4) is 0 Å². The molecular formula is C12H16INO2. The Morgan fingerprint density at radius 1 is 1.44 bits per heavy atom. The molecule has 0 aliphatic carbocycles. The number of nitrogens with one attached hydrogen (secondary N) is 1. The van der Waals surface area contributed by atoms with Crippen LogP contribution in [0.1, 0.15) is 23.7 Å². The van der Waals surface area contributed by atoms with Gasteiger partial charge in [0.25, 0.3) is 5.91 Å². The van der Waals surface area contributed by atoms with Gasteiger partial charge in [-0.05, 0) is 25.5 Å². The summed E-state index contributed by atoms with van der Waals surface area (Å²) < 4.78 is 6.45. The predicted molar refractivity (Wildman–Crippen MR) is 73.4 cm³/mol. The van der Waals surface area contributed by atoms with Crippen molar-refractivity contribution in [2.24, 2.45) is 0 Å². The molecule has 0 aliphatic heterocycles. The van der Waals surface area contributed by atoms with E-state index in [1.54, 1.807) is 6.07 Å². The van der Waals surface area contributed by atoms with Crippen molar-refractivity contribution in [1.82, 2.24) is 5.32 Å². The van der Waals surface area contributed by atoms with Crippen LogP contribution in [0.4, 0.5) is 0 Å². The summed E-state index contributed by atoms with van der Waals surface area (Å²) in [5, 5.41) is 2.87. The first-order chi connectivity index (χ1) is 7.79. The number of rotatable bonds is 6. The lowest BCUT2D eigenvalue weighted by atomic mass is 10.2. The number of carbonyl (C=O) groups excluding carboxylic acids is 1. The van der Waals surface area contributed by atoms with E-state index in [2.05, 4.69) is 27.9 Å². The van der Waals surface area contributed by atoms with Gasteiger partial charge in [0.1, 0.15) is 5.75 Å². The average Bonchev–Trinajstić information content (AvgIpc) is 2.30. The third-order valence-electron chi connectivity index (χ3n) is 2.03. The number of ether oxygens (including phenoxy) is 1. The first-order valence-corrected chi connectivity index (χ1v) is 6.88. The summed E-state index contributed by atoms with van der Waals surface area (Å²) in [4.78, 5) is 11.8. The molecule has 1 aromatic rings. The minimum atomic E-state index is -0.0612. The van der Waals surface area contributed by atoms with Crippen molar-refractivity contribution in [2.45, 2.75) is 13.3 Å². The molecule has 0 heterocycles. The van der Waals surface area contributed by atoms with Crippen LogP contribution in [0.5, 0.6) is 5.75 Å². The highest BCUT2D eigenvalue weighted by Crippen LogP contribution is 2.17. The van der Waals surface area contributed by atoms with E-state index >= 15 is 0 Å². The van der Waals surface area contributed by atoms with Crippen molar-refractivity contribution in [3.63, 3.8) is 0 Å². The van der Waals surface area contributed by atoms with Crippen LogP contribution in [-0.2, 0) is 0 Å². The normalized spacial score (nSPS) is 9.88. The summed E-state index contributed by atoms with van der Waals surface area (Å²) in [5.41, 5.74) is 0.609. The van der Waals surface area contributed by atoms with Crippen LogP contribution >= 0.6 is 22.6 Å². The van der Waals surface area contributed by atoms with E-state index in [4.69, 9.17) is 4.74 Å². The lowest BCUT2D eigenvalue weighted by Crippen LogP contribution is -2.25. The zero-order valence-electron chi connectivity index (χ0n) is 9.33. The number of hydrogen-bond acceptors (Lipinski definition) is 2. The Morgan fingerprint density at radius 3 is 2.88 bits per heavy atom. The van der Waals surface area contributed by atoms with Crippen molar-refractivity contribution < 1.29 is 9.53 Å². The van der Waals surface area contributed by atoms with Gasteiger partial charge in [-0.2, -0.15) is 0 Å². The molecule has 0 aliphatic rings. The molecule has 3 nitrogen and oxygen atoms in total. The molecule has 1 rings (SSSR count). The molecule has 0 bridgehead atoms. The van der Waals surface area contributed by atoms with Gasteiger partial charge in [0.05, 0.1) is 12.2 Å². The van der Waals surface area contributed by atoms with Crippen LogP contribution in [-0.4, -0.2) is 23.5 Å². The number of hydrogen-bond donors (Lipinski definition) is 1. The summed E-state index contributed by atoms with van der Waals surface area (Å²) in [6.45, 7) is 3.19. The van der Waals surface area contributed by atoms with Crippen molar-refractivity contribution in [1.29, 1.82) is 0 Å². The molecule has 4 heteroatoms. The fraction of sp³-hybridized carbons (Fsp3) is 0.417. The topological polar surface area (TPSA) is 38.3 Å². The third kappa shape index (κ3) is 4.00. The van der Waals surface area contributed by atoms with Gasteiger partial charge in [0, 0.05) is 11.0 Å². The second-order valence-electron chi connectivity index (χ2n) is 3.23. The molecule has 1 N–H and O–H groups in total. The Labute approximate surface area is 110 Å². The Hall–Kier alpha value is -0.780. The molecular weight excluding hydrogens is 317 g/mol. The number of carbonyl (C=O) groups is 1. The SMILES string of the molecule is CCOc1ccccc1C(=O)NCCCI. The van der Waals surface area contributed by atoms with Gasteiger partial charge >= 0.3 is 0 Å². The molecule has 0 radical (unpaired) electrons. The minimum Gasteiger partial charge on any atom is -0.493 e. The summed E-state index contributed by atoms with van der Waals surface area (Å²) in [7, 11) is 0. The minimum absolute atomic E-state index is 0.0612. The van der Waals surface area contributed by atoms with Crippen LogP contribution in [0.2, 0.25) is 0 Å². The Kier molecular flexibility index (Phi) is 6.22. The molecule has 1 amide bonds. The molecule has 16 heavy (non-hydrogen) atoms. The molecule has 0 saturated carbocycles. The molecule has 0 spiro atoms. The van der Waals surface area contributed by atoms with Crippen molar-refractivity contribution in [2.75, 3.05) is 17.6 Å². The summed E-state index contributed by atoms with van der Waals surface area (Å²) in [6, 6.07) is 7.31. The Balaban J connectivity index is 2.66. The number of benzene rings is 1. The fourth-order valence-electron chi connectivity index (χ4n) is 1.30. The second kappa shape index (κ2) is 7.49. The van der Waals surface area contributed by atoms with E-state index in [0.29, 0.717) is 24.5 Å². The average molecular weight is 333 g/mol. The number of amides is 1. The number of halogens is 1. The summed E-state index contributed by atoms with van der Waals surface area (Å²) in [6.07, 6.45) is 0.989. The Bertz CT molecular complexity index is 342. The number of para-hydroxylation sites is 1. The van der Waals surface area contributed by atoms with Gasteiger partial charge in [0.2, 0.25) is 0 Å². The zero-order valence-corrected chi connectivity index (χ0v) is 11.5. The summed E-state index contributed by atoms with van der Waals surface area (Å²) >= 11 is 2.29. The highest BCUT2D eigenvalue weighted by Gasteiger charge is 2.10. The van der Waals surface area contributed by atoms with Gasteiger partial charge in [-0.1, -0.05) is 34.7 Å². The van der Waals surface area contributed by atoms with Crippen LogP contribution < -0.4 is 10.1 Å². The lowest BCUT2D eigenvalue weighted by Gasteiger charge is -2.09. The smallest absolute Gasteiger partial charge is 0.255 e. The highest BCUT2D eigenvalue weighted by molar-refractivity contribution is 14.1. The maximum atomic E-state index is 11.8. The molecule has 88 valence electrons. The first-order valence-electron chi connectivity index (χ1n) is 5.35. The standard InChI is InChI=1S/C12H16INO2/c1-2-16-11-7-4-3-6-10(11)12(15)14-9-5-8-13/h3-4,6-7H,2,5,8-9H2,1H3,(H,14,15). The van der Waals surface area contributed by atoms with E-state index in [1.165, 1.54) is 0 Å². The maximum Gasteiger partial charge on any atom is 0.255 e. The van der Waals surface area contributed by atoms with E-state index in [0.717, 1.165) is 10.8 Å². The molecule has 0 atom stereocenters. The molecule has 0 fully saturated rings. The van der Waals surface area contributed by atoms with Crippen LogP contribution in [0.25, 0.3) is 0 Å². The Morgan fingerprint density at radius 2 is 2.19 bits per heavy atom. The fourth-order valence-corrected chi connectivity index (χ4v) is 1.68. The third-order valence-corrected chi connectivity index (χ3v) is 2.79. The van der Waals surface area contributed by atoms with E-state index in [1.807, 2.05) is 25.1 Å². The van der Waals surface area contributed by atoms with E-state index < -0.39 is 0 Å². The predicted octanol–water partition coefficient (Wildman–Crippen LogP) is 2.64. The van der Waals surface area contributed by atoms with Gasteiger partial charge in [0.15, 0.2) is 0 Å². The van der Waals surface area contributed by atoms with E-state index in [9.17, 15) is 4.79 Å². The molecule has 0 aromatic heterocycles. The second-order valence-corrected chi connectivity index (χ2v) is 4.31. The summed E-state index contributed by atoms with van der Waals surface area (Å²) in [5.74, 6) is 0.589. The van der Waals surface area contributed by atoms with Crippen molar-refractivity contribution in [3.8, 4) is 5.75 Å². The highest BCUT2D eigenvalue weighted by atomic mass is 127. The monoisotopic (exact) mass is 333 g/mol. The van der Waals surface area contributed by atoms with Gasteiger partial charge in [-0.25, -0.2) is 0 Å². The maximum absolute atomic E-state index is 11.8. The molecule has 0 saturated heterocycles. The van der Waals surface area contributed by atoms with Crippen LogP contribution in [0.15, 0.2) is 24.3 Å². The zero-order chi connectivity index (χ0) is 11.8. The van der Waals surface area contributed by atoms with E-state index in [-0.39, 0.29) is 5.91 Å². The lowest BCUT2D eigenvalue weighted by molar-refractivity contribution is 0.0950. The molecule has 1 aromatic carbocycles. The van der Waals surface area contributed by atoms with Gasteiger partial charge < -0.3 is 10.1 Å². The van der Waals surface area contributed by atoms with Gasteiger partial charge in [-0.15, -0.1) is 0 Å². The molecule has 0 unspecified atom stereocenters. The number of alkyl halides is 1. The van der Waals surface area contributed by atoms with Crippen molar-refractivity contribution >= 4 is 28.5 Å². The largest absolute Gasteiger partial charge is 0.493 e. The quantitative estimate of drug-likeness (QED) is 0.494. The van der Waals surface area contributed by atoms with Gasteiger partial charge in [-0.3, -0.25) is 4.79 Å². The van der Waals surface area contributed by atoms with Crippen molar-refractivity contribution in [3.05, 3.63) is 29.8 Å².